The third-order valence-electron chi connectivity index (χ3n) is 2.55. The van der Waals surface area contributed by atoms with E-state index in [1.807, 2.05) is 6.07 Å². The van der Waals surface area contributed by atoms with Gasteiger partial charge in [0.05, 0.1) is 12.8 Å². The van der Waals surface area contributed by atoms with Gasteiger partial charge in [-0.05, 0) is 30.3 Å². The lowest BCUT2D eigenvalue weighted by atomic mass is 10.2. The monoisotopic (exact) mass is 301 g/mol. The molecule has 0 bridgehead atoms. The third kappa shape index (κ3) is 4.41. The summed E-state index contributed by atoms with van der Waals surface area (Å²) < 4.78 is 5.13. The van der Waals surface area contributed by atoms with E-state index in [0.29, 0.717) is 23.0 Å². The van der Waals surface area contributed by atoms with Crippen LogP contribution in [0.15, 0.2) is 58.9 Å². The maximum absolute atomic E-state index is 11.9. The van der Waals surface area contributed by atoms with Crippen LogP contribution in [0.5, 0.6) is 0 Å². The number of furan rings is 1. The van der Waals surface area contributed by atoms with E-state index in [1.165, 1.54) is 6.20 Å². The lowest BCUT2D eigenvalue weighted by molar-refractivity contribution is -0.112. The van der Waals surface area contributed by atoms with Crippen molar-refractivity contribution in [1.82, 2.24) is 5.32 Å². The highest BCUT2D eigenvalue weighted by Crippen LogP contribution is 2.15. The molecule has 2 N–H and O–H groups in total. The van der Waals surface area contributed by atoms with Crippen molar-refractivity contribution >= 4 is 23.2 Å². The number of carbonyl (C=O) groups is 1. The van der Waals surface area contributed by atoms with Crippen molar-refractivity contribution < 1.29 is 9.21 Å². The molecule has 21 heavy (non-hydrogen) atoms. The first-order valence-electron chi connectivity index (χ1n) is 6.12. The number of amides is 1. The van der Waals surface area contributed by atoms with Gasteiger partial charge in [0.15, 0.2) is 0 Å². The average molecular weight is 302 g/mol. The van der Waals surface area contributed by atoms with Crippen molar-refractivity contribution in [2.45, 2.75) is 6.54 Å². The van der Waals surface area contributed by atoms with Gasteiger partial charge in [-0.25, -0.2) is 0 Å². The Labute approximate surface area is 126 Å². The van der Waals surface area contributed by atoms with Gasteiger partial charge in [0.25, 0.3) is 5.91 Å². The summed E-state index contributed by atoms with van der Waals surface area (Å²) in [5.41, 5.74) is 0.487. The van der Waals surface area contributed by atoms with Gasteiger partial charge in [-0.2, -0.15) is 5.26 Å². The number of halogens is 1. The van der Waals surface area contributed by atoms with Crippen molar-refractivity contribution in [2.75, 3.05) is 5.32 Å². The topological polar surface area (TPSA) is 78.1 Å². The van der Waals surface area contributed by atoms with Gasteiger partial charge >= 0.3 is 0 Å². The molecule has 0 fully saturated rings. The van der Waals surface area contributed by atoms with Gasteiger partial charge in [-0.3, -0.25) is 4.79 Å². The standard InChI is InChI=1S/C15H12ClN3O2/c16-12-3-1-4-13(7-12)19-15(20)11(8-17)9-18-10-14-5-2-6-21-14/h1-7,9,18H,10H2,(H,19,20)/b11-9-. The molecule has 106 valence electrons. The quantitative estimate of drug-likeness (QED) is 0.657. The summed E-state index contributed by atoms with van der Waals surface area (Å²) >= 11 is 5.83. The smallest absolute Gasteiger partial charge is 0.267 e. The Bertz CT molecular complexity index is 687. The molecular formula is C15H12ClN3O2. The molecule has 1 amide bonds. The molecule has 2 rings (SSSR count). The molecule has 0 spiro atoms. The molecule has 1 heterocycles. The summed E-state index contributed by atoms with van der Waals surface area (Å²) in [6.07, 6.45) is 2.90. The van der Waals surface area contributed by atoms with Crippen LogP contribution < -0.4 is 10.6 Å². The lowest BCUT2D eigenvalue weighted by Crippen LogP contribution is -2.16. The van der Waals surface area contributed by atoms with Gasteiger partial charge in [0.2, 0.25) is 0 Å². The summed E-state index contributed by atoms with van der Waals surface area (Å²) in [4.78, 5) is 11.9. The van der Waals surface area contributed by atoms with Crippen LogP contribution in [-0.2, 0) is 11.3 Å². The molecular weight excluding hydrogens is 290 g/mol. The first kappa shape index (κ1) is 14.7. The predicted octanol–water partition coefficient (Wildman–Crippen LogP) is 3.07. The molecule has 0 aliphatic heterocycles. The fourth-order valence-corrected chi connectivity index (χ4v) is 1.77. The van der Waals surface area contributed by atoms with E-state index < -0.39 is 5.91 Å². The SMILES string of the molecule is N#C/C(=C/NCc1ccco1)C(=O)Nc1cccc(Cl)c1. The molecule has 0 saturated heterocycles. The summed E-state index contributed by atoms with van der Waals surface area (Å²) in [5, 5.41) is 15.0. The Hall–Kier alpha value is -2.71. The Balaban J connectivity index is 1.96. The van der Waals surface area contributed by atoms with Crippen molar-refractivity contribution in [3.05, 3.63) is 65.2 Å². The van der Waals surface area contributed by atoms with Crippen LogP contribution in [0.25, 0.3) is 0 Å². The highest BCUT2D eigenvalue weighted by atomic mass is 35.5. The highest BCUT2D eigenvalue weighted by Gasteiger charge is 2.09. The number of hydrogen-bond donors (Lipinski definition) is 2. The number of nitrogens with zero attached hydrogens (tertiary/aromatic N) is 1. The fraction of sp³-hybridized carbons (Fsp3) is 0.0667. The highest BCUT2D eigenvalue weighted by molar-refractivity contribution is 6.31. The van der Waals surface area contributed by atoms with Crippen molar-refractivity contribution in [3.63, 3.8) is 0 Å². The maximum atomic E-state index is 11.9. The largest absolute Gasteiger partial charge is 0.467 e. The van der Waals surface area contributed by atoms with Crippen LogP contribution in [0.4, 0.5) is 5.69 Å². The van der Waals surface area contributed by atoms with Gasteiger partial charge < -0.3 is 15.1 Å². The molecule has 0 unspecified atom stereocenters. The van der Waals surface area contributed by atoms with Crippen molar-refractivity contribution in [3.8, 4) is 6.07 Å². The maximum Gasteiger partial charge on any atom is 0.267 e. The van der Waals surface area contributed by atoms with Gasteiger partial charge in [-0.1, -0.05) is 17.7 Å². The van der Waals surface area contributed by atoms with Crippen LogP contribution >= 0.6 is 11.6 Å². The van der Waals surface area contributed by atoms with E-state index in [9.17, 15) is 4.79 Å². The van der Waals surface area contributed by atoms with Crippen LogP contribution in [-0.4, -0.2) is 5.91 Å². The number of rotatable bonds is 5. The van der Waals surface area contributed by atoms with E-state index >= 15 is 0 Å². The second-order valence-corrected chi connectivity index (χ2v) is 4.53. The third-order valence-corrected chi connectivity index (χ3v) is 2.79. The minimum absolute atomic E-state index is 0.0402. The fourth-order valence-electron chi connectivity index (χ4n) is 1.58. The zero-order chi connectivity index (χ0) is 15.1. The minimum Gasteiger partial charge on any atom is -0.467 e. The van der Waals surface area contributed by atoms with E-state index in [2.05, 4.69) is 10.6 Å². The molecule has 0 aliphatic rings. The second kappa shape index (κ2) is 7.17. The molecule has 1 aromatic heterocycles. The number of carbonyl (C=O) groups excluding carboxylic acids is 1. The predicted molar refractivity (Wildman–Crippen MR) is 79.3 cm³/mol. The minimum atomic E-state index is -0.508. The Kier molecular flexibility index (Phi) is 5.02. The molecule has 5 nitrogen and oxygen atoms in total. The molecule has 0 saturated carbocycles. The zero-order valence-corrected chi connectivity index (χ0v) is 11.7. The molecule has 2 aromatic rings. The van der Waals surface area contributed by atoms with Crippen molar-refractivity contribution in [2.24, 2.45) is 0 Å². The van der Waals surface area contributed by atoms with E-state index in [-0.39, 0.29) is 5.57 Å². The molecule has 1 aromatic carbocycles. The number of benzene rings is 1. The van der Waals surface area contributed by atoms with Crippen LogP contribution in [0.2, 0.25) is 5.02 Å². The van der Waals surface area contributed by atoms with E-state index in [4.69, 9.17) is 21.3 Å². The number of anilines is 1. The number of nitrogens with one attached hydrogen (secondary N) is 2. The van der Waals surface area contributed by atoms with E-state index in [0.717, 1.165) is 0 Å². The van der Waals surface area contributed by atoms with Gasteiger partial charge in [0, 0.05) is 16.9 Å². The summed E-state index contributed by atoms with van der Waals surface area (Å²) in [5.74, 6) is 0.200. The lowest BCUT2D eigenvalue weighted by Gasteiger charge is -2.05. The number of nitriles is 1. The summed E-state index contributed by atoms with van der Waals surface area (Å²) in [7, 11) is 0. The van der Waals surface area contributed by atoms with E-state index in [1.54, 1.807) is 42.7 Å². The van der Waals surface area contributed by atoms with Gasteiger partial charge in [-0.15, -0.1) is 0 Å². The van der Waals surface area contributed by atoms with Crippen LogP contribution in [0.1, 0.15) is 5.76 Å². The molecule has 0 atom stereocenters. The summed E-state index contributed by atoms with van der Waals surface area (Å²) in [6, 6.07) is 12.1. The van der Waals surface area contributed by atoms with Gasteiger partial charge in [0.1, 0.15) is 17.4 Å². The second-order valence-electron chi connectivity index (χ2n) is 4.09. The average Bonchev–Trinajstić information content (AvgIpc) is 2.96. The van der Waals surface area contributed by atoms with Crippen LogP contribution in [0, 0.1) is 11.3 Å². The first-order valence-corrected chi connectivity index (χ1v) is 6.50. The molecule has 6 heteroatoms. The molecule has 0 radical (unpaired) electrons. The number of hydrogen-bond acceptors (Lipinski definition) is 4. The zero-order valence-electron chi connectivity index (χ0n) is 11.0. The Morgan fingerprint density at radius 2 is 2.24 bits per heavy atom. The van der Waals surface area contributed by atoms with Crippen molar-refractivity contribution in [1.29, 1.82) is 5.26 Å². The Morgan fingerprint density at radius 1 is 1.38 bits per heavy atom. The first-order chi connectivity index (χ1) is 10.2. The van der Waals surface area contributed by atoms with Crippen LogP contribution in [0.3, 0.4) is 0 Å². The molecule has 0 aliphatic carbocycles. The normalized spacial score (nSPS) is 10.8. The summed E-state index contributed by atoms with van der Waals surface area (Å²) in [6.45, 7) is 0.391. The Morgan fingerprint density at radius 3 is 2.90 bits per heavy atom.